The minimum Gasteiger partial charge on any atom is -0.462 e. The van der Waals surface area contributed by atoms with Crippen LogP contribution >= 0.6 is 0 Å². The third-order valence-electron chi connectivity index (χ3n) is 10.8. The second-order valence-corrected chi connectivity index (χ2v) is 16.2. The Kier molecular flexibility index (Phi) is 41.2. The molecular weight excluding hydrogens is 671 g/mol. The van der Waals surface area contributed by atoms with Gasteiger partial charge in [0, 0.05) is 6.42 Å². The van der Waals surface area contributed by atoms with Crippen molar-refractivity contribution in [1.29, 1.82) is 0 Å². The molecule has 318 valence electrons. The molecular formula is C48H91NO5. The molecule has 54 heavy (non-hydrogen) atoms. The summed E-state index contributed by atoms with van der Waals surface area (Å²) in [5.74, 6) is -0.501. The van der Waals surface area contributed by atoms with E-state index in [0.717, 1.165) is 70.6 Å². The lowest BCUT2D eigenvalue weighted by Gasteiger charge is -2.24. The number of hydrogen-bond donors (Lipinski definition) is 3. The second kappa shape index (κ2) is 42.5. The Morgan fingerprint density at radius 3 is 1.37 bits per heavy atom. The van der Waals surface area contributed by atoms with E-state index in [1.807, 2.05) is 0 Å². The molecule has 6 nitrogen and oxygen atoms in total. The van der Waals surface area contributed by atoms with Crippen LogP contribution in [0.15, 0.2) is 24.3 Å². The van der Waals surface area contributed by atoms with Gasteiger partial charge in [0.05, 0.1) is 25.2 Å². The predicted octanol–water partition coefficient (Wildman–Crippen LogP) is 13.6. The van der Waals surface area contributed by atoms with Crippen molar-refractivity contribution in [3.05, 3.63) is 24.3 Å². The fourth-order valence-electron chi connectivity index (χ4n) is 7.19. The van der Waals surface area contributed by atoms with Crippen LogP contribution in [0.5, 0.6) is 0 Å². The largest absolute Gasteiger partial charge is 0.462 e. The number of rotatable bonds is 42. The van der Waals surface area contributed by atoms with E-state index in [-0.39, 0.29) is 24.9 Å². The highest BCUT2D eigenvalue weighted by molar-refractivity contribution is 5.77. The molecule has 3 N–H and O–H groups in total. The third kappa shape index (κ3) is 37.3. The first kappa shape index (κ1) is 52.3. The van der Waals surface area contributed by atoms with Crippen molar-refractivity contribution in [1.82, 2.24) is 5.32 Å². The Hall–Kier alpha value is -1.66. The van der Waals surface area contributed by atoms with Gasteiger partial charge in [0.25, 0.3) is 0 Å². The van der Waals surface area contributed by atoms with E-state index in [1.165, 1.54) is 128 Å². The van der Waals surface area contributed by atoms with Gasteiger partial charge in [0.15, 0.2) is 0 Å². The van der Waals surface area contributed by atoms with Gasteiger partial charge >= 0.3 is 5.97 Å². The lowest BCUT2D eigenvalue weighted by atomic mass is 10.0. The minimum atomic E-state index is -0.785. The van der Waals surface area contributed by atoms with Crippen LogP contribution in [-0.2, 0) is 14.3 Å². The maximum Gasteiger partial charge on any atom is 0.306 e. The number of aliphatic hydroxyl groups excluding tert-OH is 2. The highest BCUT2D eigenvalue weighted by Crippen LogP contribution is 2.17. The number of amides is 1. The van der Waals surface area contributed by atoms with E-state index in [0.29, 0.717) is 19.3 Å². The number of hydrogen-bond acceptors (Lipinski definition) is 5. The molecule has 6 heteroatoms. The number of nitrogens with one attached hydrogen (secondary N) is 1. The van der Waals surface area contributed by atoms with Crippen LogP contribution in [-0.4, -0.2) is 46.9 Å². The van der Waals surface area contributed by atoms with E-state index in [2.05, 4.69) is 50.4 Å². The summed E-state index contributed by atoms with van der Waals surface area (Å²) in [6, 6.07) is -0.699. The summed E-state index contributed by atoms with van der Waals surface area (Å²) in [6.07, 6.45) is 46.7. The molecule has 0 rings (SSSR count). The Balaban J connectivity index is 4.50. The number of ether oxygens (including phenoxy) is 1. The summed E-state index contributed by atoms with van der Waals surface area (Å²) < 4.78 is 5.88. The van der Waals surface area contributed by atoms with Crippen LogP contribution in [0.25, 0.3) is 0 Å². The summed E-state index contributed by atoms with van der Waals surface area (Å²) in [7, 11) is 0. The third-order valence-corrected chi connectivity index (χ3v) is 10.8. The molecule has 0 aromatic carbocycles. The Morgan fingerprint density at radius 1 is 0.537 bits per heavy atom. The molecule has 0 heterocycles. The molecule has 0 saturated heterocycles. The van der Waals surface area contributed by atoms with E-state index in [4.69, 9.17) is 4.74 Å². The molecule has 3 atom stereocenters. The number of carbonyl (C=O) groups excluding carboxylic acids is 2. The van der Waals surface area contributed by atoms with Crippen molar-refractivity contribution >= 4 is 11.9 Å². The van der Waals surface area contributed by atoms with Gasteiger partial charge in [-0.15, -0.1) is 0 Å². The summed E-state index contributed by atoms with van der Waals surface area (Å²) in [4.78, 5) is 25.9. The minimum absolute atomic E-state index is 0.0706. The van der Waals surface area contributed by atoms with Gasteiger partial charge < -0.3 is 20.3 Å². The number of allylic oxidation sites excluding steroid dienone is 4. The number of unbranched alkanes of at least 4 members (excludes halogenated alkanes) is 27. The predicted molar refractivity (Wildman–Crippen MR) is 232 cm³/mol. The standard InChI is InChI=1S/C48H91NO5/c1-4-7-10-13-16-19-21-22-23-24-25-27-29-32-35-38-41-48(53)54-44(39-36-33-30-18-15-12-9-6-3)42-47(52)49-45(43-50)46(51)40-37-34-31-28-26-20-17-14-11-8-5-2/h23-25,27,44-46,50-51H,4-22,26,28-43H2,1-3H3,(H,49,52)/b24-23+,27-25+. The quantitative estimate of drug-likeness (QED) is 0.0327. The van der Waals surface area contributed by atoms with Gasteiger partial charge in [-0.25, -0.2) is 0 Å². The Labute approximate surface area is 335 Å². The Bertz CT molecular complexity index is 858. The summed E-state index contributed by atoms with van der Waals surface area (Å²) in [6.45, 7) is 6.44. The first-order valence-corrected chi connectivity index (χ1v) is 23.6. The van der Waals surface area contributed by atoms with Crippen LogP contribution in [0, 0.1) is 0 Å². The van der Waals surface area contributed by atoms with Crippen LogP contribution < -0.4 is 5.32 Å². The Morgan fingerprint density at radius 2 is 0.926 bits per heavy atom. The summed E-state index contributed by atoms with van der Waals surface area (Å²) in [5.41, 5.74) is 0. The molecule has 0 spiro atoms. The smallest absolute Gasteiger partial charge is 0.306 e. The normalized spacial score (nSPS) is 13.5. The molecule has 0 aliphatic carbocycles. The zero-order valence-electron chi connectivity index (χ0n) is 36.1. The SMILES string of the molecule is CCCCCCCCC/C=C/C=C/CCCCCC(=O)OC(CCCCCCCCCC)CC(=O)NC(CO)C(O)CCCCCCCCCCCCC. The van der Waals surface area contributed by atoms with Crippen molar-refractivity contribution in [2.24, 2.45) is 0 Å². The molecule has 0 saturated carbocycles. The van der Waals surface area contributed by atoms with E-state index < -0.39 is 18.2 Å². The lowest BCUT2D eigenvalue weighted by molar-refractivity contribution is -0.151. The summed E-state index contributed by atoms with van der Waals surface area (Å²) in [5, 5.41) is 23.6. The summed E-state index contributed by atoms with van der Waals surface area (Å²) >= 11 is 0. The first-order chi connectivity index (χ1) is 26.5. The second-order valence-electron chi connectivity index (χ2n) is 16.2. The molecule has 1 amide bonds. The van der Waals surface area contributed by atoms with Gasteiger partial charge in [0.2, 0.25) is 5.91 Å². The van der Waals surface area contributed by atoms with E-state index in [1.54, 1.807) is 0 Å². The van der Waals surface area contributed by atoms with Crippen molar-refractivity contribution in [2.45, 2.75) is 264 Å². The first-order valence-electron chi connectivity index (χ1n) is 23.6. The van der Waals surface area contributed by atoms with E-state index in [9.17, 15) is 19.8 Å². The zero-order valence-corrected chi connectivity index (χ0v) is 36.1. The van der Waals surface area contributed by atoms with Crippen molar-refractivity contribution < 1.29 is 24.5 Å². The van der Waals surface area contributed by atoms with Gasteiger partial charge in [-0.3, -0.25) is 9.59 Å². The molecule has 0 aliphatic rings. The van der Waals surface area contributed by atoms with E-state index >= 15 is 0 Å². The number of carbonyl (C=O) groups is 2. The lowest BCUT2D eigenvalue weighted by Crippen LogP contribution is -2.46. The highest BCUT2D eigenvalue weighted by Gasteiger charge is 2.24. The average Bonchev–Trinajstić information content (AvgIpc) is 3.16. The van der Waals surface area contributed by atoms with Crippen molar-refractivity contribution in [3.63, 3.8) is 0 Å². The fraction of sp³-hybridized carbons (Fsp3) is 0.875. The van der Waals surface area contributed by atoms with Gasteiger partial charge in [-0.05, 0) is 51.4 Å². The topological polar surface area (TPSA) is 95.9 Å². The maximum atomic E-state index is 13.1. The van der Waals surface area contributed by atoms with Gasteiger partial charge in [0.1, 0.15) is 6.10 Å². The van der Waals surface area contributed by atoms with Crippen LogP contribution in [0.4, 0.5) is 0 Å². The zero-order chi connectivity index (χ0) is 39.6. The molecule has 0 aromatic rings. The van der Waals surface area contributed by atoms with Crippen LogP contribution in [0.2, 0.25) is 0 Å². The maximum absolute atomic E-state index is 13.1. The monoisotopic (exact) mass is 762 g/mol. The molecule has 0 aliphatic heterocycles. The molecule has 0 radical (unpaired) electrons. The number of aliphatic hydroxyl groups is 2. The molecule has 0 bridgehead atoms. The molecule has 0 aromatic heterocycles. The van der Waals surface area contributed by atoms with Crippen molar-refractivity contribution in [2.75, 3.05) is 6.61 Å². The van der Waals surface area contributed by atoms with Gasteiger partial charge in [-0.2, -0.15) is 0 Å². The van der Waals surface area contributed by atoms with Crippen LogP contribution in [0.1, 0.15) is 245 Å². The highest BCUT2D eigenvalue weighted by atomic mass is 16.5. The molecule has 3 unspecified atom stereocenters. The average molecular weight is 762 g/mol. The molecule has 0 fully saturated rings. The van der Waals surface area contributed by atoms with Crippen molar-refractivity contribution in [3.8, 4) is 0 Å². The number of esters is 1. The fourth-order valence-corrected chi connectivity index (χ4v) is 7.19. The van der Waals surface area contributed by atoms with Gasteiger partial charge in [-0.1, -0.05) is 206 Å². The van der Waals surface area contributed by atoms with Crippen LogP contribution in [0.3, 0.4) is 0 Å².